The number of nitrogens with two attached hydrogens (primary N) is 1. The van der Waals surface area contributed by atoms with E-state index in [0.717, 1.165) is 17.5 Å². The van der Waals surface area contributed by atoms with Crippen molar-refractivity contribution in [1.29, 1.82) is 5.26 Å². The van der Waals surface area contributed by atoms with Gasteiger partial charge in [-0.2, -0.15) is 5.26 Å². The van der Waals surface area contributed by atoms with Gasteiger partial charge in [-0.15, -0.1) is 11.3 Å². The molecular weight excluding hydrogens is 362 g/mol. The first kappa shape index (κ1) is 15.6. The molecule has 0 aliphatic carbocycles. The van der Waals surface area contributed by atoms with Crippen molar-refractivity contribution >= 4 is 50.7 Å². The van der Waals surface area contributed by atoms with Crippen LogP contribution < -0.4 is 5.73 Å². The van der Waals surface area contributed by atoms with Gasteiger partial charge >= 0.3 is 0 Å². The van der Waals surface area contributed by atoms with Gasteiger partial charge in [0.1, 0.15) is 16.2 Å². The number of nitriles is 1. The molecule has 0 saturated carbocycles. The maximum absolute atomic E-state index is 13.9. The number of aromatic nitrogens is 2. The topological polar surface area (TPSA) is 92.7 Å². The second-order valence-corrected chi connectivity index (χ2v) is 6.26. The highest BCUT2D eigenvalue weighted by Crippen LogP contribution is 2.40. The number of carbonyl (C=O) groups is 1. The van der Waals surface area contributed by atoms with Gasteiger partial charge in [-0.1, -0.05) is 23.2 Å². The van der Waals surface area contributed by atoms with Crippen molar-refractivity contribution in [3.05, 3.63) is 45.4 Å². The third kappa shape index (κ3) is 2.61. The largest absolute Gasteiger partial charge is 0.364 e. The van der Waals surface area contributed by atoms with Crippen molar-refractivity contribution in [2.45, 2.75) is 0 Å². The summed E-state index contributed by atoms with van der Waals surface area (Å²) >= 11 is 13.3. The molecule has 0 fully saturated rings. The molecule has 1 amide bonds. The van der Waals surface area contributed by atoms with Crippen LogP contribution in [0.4, 0.5) is 4.39 Å². The number of carbonyl (C=O) groups excluding carboxylic acids is 1. The molecule has 2 N–H and O–H groups in total. The predicted octanol–water partition coefficient (Wildman–Crippen LogP) is 3.77. The smallest absolute Gasteiger partial charge is 0.268 e. The Kier molecular flexibility index (Phi) is 3.90. The highest BCUT2D eigenvalue weighted by molar-refractivity contribution is 7.22. The van der Waals surface area contributed by atoms with Crippen LogP contribution in [0, 0.1) is 17.1 Å². The average Bonchev–Trinajstić information content (AvgIpc) is 2.91. The lowest BCUT2D eigenvalue weighted by Gasteiger charge is -2.03. The third-order valence-corrected chi connectivity index (χ3v) is 4.67. The van der Waals surface area contributed by atoms with Gasteiger partial charge in [-0.25, -0.2) is 14.4 Å². The second kappa shape index (κ2) is 5.74. The summed E-state index contributed by atoms with van der Waals surface area (Å²) in [4.78, 5) is 19.3. The van der Waals surface area contributed by atoms with Crippen LogP contribution in [-0.4, -0.2) is 15.9 Å². The number of halogens is 3. The van der Waals surface area contributed by atoms with Crippen molar-refractivity contribution < 1.29 is 9.18 Å². The number of fused-ring (bicyclic) bond motifs is 1. The Bertz CT molecular complexity index is 989. The van der Waals surface area contributed by atoms with Gasteiger partial charge in [0.25, 0.3) is 5.91 Å². The fraction of sp³-hybridized carbons (Fsp3) is 0. The molecular formula is C14H5Cl2FN4OS. The Labute approximate surface area is 143 Å². The van der Waals surface area contributed by atoms with E-state index in [-0.39, 0.29) is 31.5 Å². The number of hydrogen-bond donors (Lipinski definition) is 1. The Morgan fingerprint density at radius 3 is 2.57 bits per heavy atom. The molecule has 0 spiro atoms. The lowest BCUT2D eigenvalue weighted by Crippen LogP contribution is -2.13. The van der Waals surface area contributed by atoms with Crippen molar-refractivity contribution in [2.75, 3.05) is 0 Å². The van der Waals surface area contributed by atoms with E-state index in [0.29, 0.717) is 10.6 Å². The minimum atomic E-state index is -0.790. The fourth-order valence-electron chi connectivity index (χ4n) is 2.01. The molecule has 3 aromatic rings. The van der Waals surface area contributed by atoms with E-state index >= 15 is 0 Å². The second-order valence-electron chi connectivity index (χ2n) is 4.44. The molecule has 2 heterocycles. The van der Waals surface area contributed by atoms with Gasteiger partial charge in [0.05, 0.1) is 32.6 Å². The van der Waals surface area contributed by atoms with E-state index in [9.17, 15) is 9.18 Å². The molecule has 3 rings (SSSR count). The first-order valence-electron chi connectivity index (χ1n) is 6.06. The van der Waals surface area contributed by atoms with Crippen LogP contribution in [0.25, 0.3) is 20.8 Å². The van der Waals surface area contributed by atoms with E-state index in [1.54, 1.807) is 0 Å². The Hall–Kier alpha value is -2.27. The van der Waals surface area contributed by atoms with E-state index in [1.165, 1.54) is 12.1 Å². The number of hydrogen-bond acceptors (Lipinski definition) is 5. The summed E-state index contributed by atoms with van der Waals surface area (Å²) < 4.78 is 14.1. The van der Waals surface area contributed by atoms with E-state index in [4.69, 9.17) is 34.2 Å². The first-order valence-corrected chi connectivity index (χ1v) is 7.64. The van der Waals surface area contributed by atoms with Crippen LogP contribution in [0.1, 0.15) is 16.1 Å². The monoisotopic (exact) mass is 366 g/mol. The lowest BCUT2D eigenvalue weighted by atomic mass is 10.1. The molecule has 5 nitrogen and oxygen atoms in total. The third-order valence-electron chi connectivity index (χ3n) is 2.99. The number of thiazole rings is 1. The van der Waals surface area contributed by atoms with E-state index in [1.807, 2.05) is 6.07 Å². The molecule has 23 heavy (non-hydrogen) atoms. The minimum absolute atomic E-state index is 0.0368. The summed E-state index contributed by atoms with van der Waals surface area (Å²) in [6, 6.07) is 4.79. The molecule has 0 aliphatic rings. The molecule has 0 radical (unpaired) electrons. The van der Waals surface area contributed by atoms with Gasteiger partial charge in [0.2, 0.25) is 0 Å². The summed E-state index contributed by atoms with van der Waals surface area (Å²) in [7, 11) is 0. The summed E-state index contributed by atoms with van der Waals surface area (Å²) in [5.74, 6) is -1.48. The Morgan fingerprint density at radius 1 is 1.35 bits per heavy atom. The van der Waals surface area contributed by atoms with Crippen molar-refractivity contribution in [2.24, 2.45) is 5.73 Å². The minimum Gasteiger partial charge on any atom is -0.364 e. The highest BCUT2D eigenvalue weighted by atomic mass is 35.5. The van der Waals surface area contributed by atoms with E-state index in [2.05, 4.69) is 9.97 Å². The number of rotatable bonds is 2. The average molecular weight is 367 g/mol. The van der Waals surface area contributed by atoms with Gasteiger partial charge < -0.3 is 5.73 Å². The lowest BCUT2D eigenvalue weighted by molar-refractivity contribution is 0.0997. The molecule has 0 aliphatic heterocycles. The molecule has 1 aromatic carbocycles. The van der Waals surface area contributed by atoms with Crippen LogP contribution in [0.5, 0.6) is 0 Å². The SMILES string of the molecule is N#Cc1cc(Cl)c(-c2nc3c(F)cnc(C(N)=O)c3s2)c(Cl)c1. The van der Waals surface area contributed by atoms with Gasteiger partial charge in [0, 0.05) is 5.56 Å². The number of nitrogens with zero attached hydrogens (tertiary/aromatic N) is 3. The van der Waals surface area contributed by atoms with Crippen LogP contribution >= 0.6 is 34.5 Å². The van der Waals surface area contributed by atoms with Crippen LogP contribution in [0.15, 0.2) is 18.3 Å². The zero-order chi connectivity index (χ0) is 16.7. The number of amides is 1. The zero-order valence-electron chi connectivity index (χ0n) is 11.1. The summed E-state index contributed by atoms with van der Waals surface area (Å²) in [5, 5.41) is 9.60. The highest BCUT2D eigenvalue weighted by Gasteiger charge is 2.20. The molecule has 0 unspecified atom stereocenters. The Balaban J connectivity index is 2.31. The molecule has 114 valence electrons. The molecule has 0 atom stereocenters. The molecule has 0 bridgehead atoms. The fourth-order valence-corrected chi connectivity index (χ4v) is 3.93. The normalized spacial score (nSPS) is 10.7. The Morgan fingerprint density at radius 2 is 2.00 bits per heavy atom. The van der Waals surface area contributed by atoms with Gasteiger partial charge in [-0.3, -0.25) is 4.79 Å². The molecule has 9 heteroatoms. The first-order chi connectivity index (χ1) is 10.9. The summed E-state index contributed by atoms with van der Waals surface area (Å²) in [6.45, 7) is 0. The van der Waals surface area contributed by atoms with Crippen molar-refractivity contribution in [3.8, 4) is 16.6 Å². The predicted molar refractivity (Wildman–Crippen MR) is 86.1 cm³/mol. The van der Waals surface area contributed by atoms with Gasteiger partial charge in [-0.05, 0) is 12.1 Å². The maximum atomic E-state index is 13.9. The van der Waals surface area contributed by atoms with Crippen molar-refractivity contribution in [1.82, 2.24) is 9.97 Å². The van der Waals surface area contributed by atoms with Crippen molar-refractivity contribution in [3.63, 3.8) is 0 Å². The molecule has 2 aromatic heterocycles. The van der Waals surface area contributed by atoms with E-state index < -0.39 is 11.7 Å². The zero-order valence-corrected chi connectivity index (χ0v) is 13.4. The van der Waals surface area contributed by atoms with Crippen LogP contribution in [0.3, 0.4) is 0 Å². The summed E-state index contributed by atoms with van der Waals surface area (Å²) in [6.07, 6.45) is 0.883. The quantitative estimate of drug-likeness (QED) is 0.746. The van der Waals surface area contributed by atoms with Gasteiger partial charge in [0.15, 0.2) is 5.82 Å². The number of primary amides is 1. The number of pyridine rings is 1. The number of benzene rings is 1. The molecule has 0 saturated heterocycles. The van der Waals surface area contributed by atoms with Crippen LogP contribution in [0.2, 0.25) is 10.0 Å². The maximum Gasteiger partial charge on any atom is 0.268 e. The summed E-state index contributed by atoms with van der Waals surface area (Å²) in [5.41, 5.74) is 5.77. The van der Waals surface area contributed by atoms with Crippen LogP contribution in [-0.2, 0) is 0 Å². The standard InChI is InChI=1S/C14H5Cl2FN4OS/c15-6-1-5(3-18)2-7(16)9(6)14-21-10-8(17)4-20-11(13(19)22)12(10)23-14/h1-2,4H,(H2,19,22).